The largest absolute Gasteiger partial charge is 0.367 e. The van der Waals surface area contributed by atoms with E-state index in [4.69, 9.17) is 0 Å². The molecule has 0 saturated carbocycles. The van der Waals surface area contributed by atoms with Crippen molar-refractivity contribution in [2.75, 3.05) is 18.5 Å². The van der Waals surface area contributed by atoms with E-state index in [9.17, 15) is 4.79 Å². The molecule has 0 amide bonds. The number of aldehydes is 1. The fraction of sp³-hybridized carbons (Fsp3) is 0.444. The van der Waals surface area contributed by atoms with Crippen molar-refractivity contribution in [1.82, 2.24) is 0 Å². The molecule has 3 heteroatoms. The van der Waals surface area contributed by atoms with Gasteiger partial charge >= 0.3 is 0 Å². The van der Waals surface area contributed by atoms with Crippen LogP contribution in [-0.2, 0) is 0 Å². The Kier molecular flexibility index (Phi) is 3.29. The SMILES string of the molecule is CCCN(C)c1ccc(C=O)s1. The lowest BCUT2D eigenvalue weighted by atomic mass is 10.4. The molecular formula is C9H13NOS. The van der Waals surface area contributed by atoms with Crippen LogP contribution in [0.15, 0.2) is 12.1 Å². The van der Waals surface area contributed by atoms with Crippen LogP contribution >= 0.6 is 11.3 Å². The highest BCUT2D eigenvalue weighted by Crippen LogP contribution is 2.23. The molecule has 0 spiro atoms. The monoisotopic (exact) mass is 183 g/mol. The van der Waals surface area contributed by atoms with Gasteiger partial charge in [-0.2, -0.15) is 0 Å². The molecule has 0 unspecified atom stereocenters. The fourth-order valence-corrected chi connectivity index (χ4v) is 1.87. The average molecular weight is 183 g/mol. The quantitative estimate of drug-likeness (QED) is 0.668. The third kappa shape index (κ3) is 2.08. The highest BCUT2D eigenvalue weighted by molar-refractivity contribution is 7.17. The van der Waals surface area contributed by atoms with E-state index in [2.05, 4.69) is 11.8 Å². The molecule has 0 fully saturated rings. The van der Waals surface area contributed by atoms with E-state index in [0.29, 0.717) is 0 Å². The lowest BCUT2D eigenvalue weighted by molar-refractivity contribution is 0.112. The first kappa shape index (κ1) is 9.26. The van der Waals surface area contributed by atoms with Crippen molar-refractivity contribution in [3.8, 4) is 0 Å². The Bertz CT molecular complexity index is 257. The van der Waals surface area contributed by atoms with Gasteiger partial charge in [-0.05, 0) is 18.6 Å². The minimum atomic E-state index is 0.799. The van der Waals surface area contributed by atoms with Gasteiger partial charge in [-0.3, -0.25) is 4.79 Å². The number of hydrogen-bond donors (Lipinski definition) is 0. The van der Waals surface area contributed by atoms with Gasteiger partial charge in [-0.25, -0.2) is 0 Å². The second-order valence-electron chi connectivity index (χ2n) is 2.72. The Hall–Kier alpha value is -0.830. The van der Waals surface area contributed by atoms with Gasteiger partial charge in [0.05, 0.1) is 9.88 Å². The second-order valence-corrected chi connectivity index (χ2v) is 3.81. The summed E-state index contributed by atoms with van der Waals surface area (Å²) in [5.74, 6) is 0. The van der Waals surface area contributed by atoms with E-state index in [1.807, 2.05) is 19.2 Å². The maximum absolute atomic E-state index is 10.4. The van der Waals surface area contributed by atoms with Gasteiger partial charge in [0.15, 0.2) is 6.29 Å². The van der Waals surface area contributed by atoms with E-state index in [0.717, 1.165) is 24.1 Å². The molecule has 0 N–H and O–H groups in total. The summed E-state index contributed by atoms with van der Waals surface area (Å²) >= 11 is 1.54. The van der Waals surface area contributed by atoms with Crippen molar-refractivity contribution in [1.29, 1.82) is 0 Å². The van der Waals surface area contributed by atoms with Gasteiger partial charge in [0, 0.05) is 13.6 Å². The number of hydrogen-bond acceptors (Lipinski definition) is 3. The number of thiophene rings is 1. The Morgan fingerprint density at radius 2 is 2.33 bits per heavy atom. The number of carbonyl (C=O) groups excluding carboxylic acids is 1. The molecule has 1 aromatic rings. The van der Waals surface area contributed by atoms with Crippen LogP contribution in [0.1, 0.15) is 23.0 Å². The van der Waals surface area contributed by atoms with E-state index in [1.165, 1.54) is 16.3 Å². The third-order valence-electron chi connectivity index (χ3n) is 1.66. The van der Waals surface area contributed by atoms with Crippen LogP contribution in [-0.4, -0.2) is 19.9 Å². The highest BCUT2D eigenvalue weighted by Gasteiger charge is 2.02. The van der Waals surface area contributed by atoms with E-state index in [-0.39, 0.29) is 0 Å². The first-order valence-corrected chi connectivity index (χ1v) is 4.85. The smallest absolute Gasteiger partial charge is 0.160 e. The first-order valence-electron chi connectivity index (χ1n) is 4.04. The van der Waals surface area contributed by atoms with Crippen LogP contribution in [0.2, 0.25) is 0 Å². The maximum Gasteiger partial charge on any atom is 0.160 e. The molecule has 0 saturated heterocycles. The normalized spacial score (nSPS) is 9.83. The predicted octanol–water partition coefficient (Wildman–Crippen LogP) is 2.41. The molecule has 66 valence electrons. The van der Waals surface area contributed by atoms with Crippen molar-refractivity contribution in [3.05, 3.63) is 17.0 Å². The van der Waals surface area contributed by atoms with Crippen LogP contribution < -0.4 is 4.90 Å². The standard InChI is InChI=1S/C9H13NOS/c1-3-6-10(2)9-5-4-8(7-11)12-9/h4-5,7H,3,6H2,1-2H3. The van der Waals surface area contributed by atoms with Crippen molar-refractivity contribution in [2.45, 2.75) is 13.3 Å². The summed E-state index contributed by atoms with van der Waals surface area (Å²) in [5.41, 5.74) is 0. The molecule has 1 aromatic heterocycles. The van der Waals surface area contributed by atoms with Gasteiger partial charge in [0.25, 0.3) is 0 Å². The molecular weight excluding hydrogens is 170 g/mol. The molecule has 0 bridgehead atoms. The lowest BCUT2D eigenvalue weighted by Crippen LogP contribution is -2.15. The molecule has 0 aliphatic heterocycles. The third-order valence-corrected chi connectivity index (χ3v) is 2.79. The zero-order valence-corrected chi connectivity index (χ0v) is 8.23. The summed E-state index contributed by atoms with van der Waals surface area (Å²) in [6.07, 6.45) is 2.03. The Labute approximate surface area is 76.8 Å². The number of rotatable bonds is 4. The fourth-order valence-electron chi connectivity index (χ4n) is 1.06. The van der Waals surface area contributed by atoms with Crippen LogP contribution in [0.4, 0.5) is 5.00 Å². The second kappa shape index (κ2) is 4.26. The Morgan fingerprint density at radius 1 is 1.58 bits per heavy atom. The summed E-state index contributed by atoms with van der Waals surface area (Å²) in [4.78, 5) is 13.4. The summed E-state index contributed by atoms with van der Waals surface area (Å²) in [6.45, 7) is 3.18. The molecule has 0 atom stereocenters. The van der Waals surface area contributed by atoms with E-state index < -0.39 is 0 Å². The summed E-state index contributed by atoms with van der Waals surface area (Å²) in [5, 5.41) is 1.17. The van der Waals surface area contributed by atoms with Gasteiger partial charge < -0.3 is 4.90 Å². The predicted molar refractivity (Wildman–Crippen MR) is 53.3 cm³/mol. The molecule has 1 heterocycles. The maximum atomic E-state index is 10.4. The zero-order valence-electron chi connectivity index (χ0n) is 7.41. The van der Waals surface area contributed by atoms with Gasteiger partial charge in [-0.15, -0.1) is 11.3 Å². The number of nitrogens with zero attached hydrogens (tertiary/aromatic N) is 1. The van der Waals surface area contributed by atoms with Crippen LogP contribution in [0, 0.1) is 0 Å². The van der Waals surface area contributed by atoms with Crippen molar-refractivity contribution in [2.24, 2.45) is 0 Å². The van der Waals surface area contributed by atoms with Crippen LogP contribution in [0.5, 0.6) is 0 Å². The minimum Gasteiger partial charge on any atom is -0.367 e. The summed E-state index contributed by atoms with van der Waals surface area (Å²) in [6, 6.07) is 3.85. The molecule has 12 heavy (non-hydrogen) atoms. The zero-order chi connectivity index (χ0) is 8.97. The van der Waals surface area contributed by atoms with Gasteiger partial charge in [0.1, 0.15) is 0 Å². The number of carbonyl (C=O) groups is 1. The minimum absolute atomic E-state index is 0.799. The van der Waals surface area contributed by atoms with Crippen molar-refractivity contribution >= 4 is 22.6 Å². The van der Waals surface area contributed by atoms with Crippen molar-refractivity contribution in [3.63, 3.8) is 0 Å². The molecule has 1 rings (SSSR count). The molecule has 0 aliphatic carbocycles. The number of anilines is 1. The van der Waals surface area contributed by atoms with E-state index >= 15 is 0 Å². The molecule has 0 radical (unpaired) electrons. The van der Waals surface area contributed by atoms with Crippen molar-refractivity contribution < 1.29 is 4.79 Å². The summed E-state index contributed by atoms with van der Waals surface area (Å²) < 4.78 is 0. The van der Waals surface area contributed by atoms with Crippen LogP contribution in [0.25, 0.3) is 0 Å². The Balaban J connectivity index is 2.67. The molecule has 2 nitrogen and oxygen atoms in total. The lowest BCUT2D eigenvalue weighted by Gasteiger charge is -2.14. The molecule has 0 aromatic carbocycles. The molecule has 0 aliphatic rings. The van der Waals surface area contributed by atoms with E-state index in [1.54, 1.807) is 0 Å². The van der Waals surface area contributed by atoms with Gasteiger partial charge in [-0.1, -0.05) is 6.92 Å². The summed E-state index contributed by atoms with van der Waals surface area (Å²) in [7, 11) is 2.05. The highest BCUT2D eigenvalue weighted by atomic mass is 32.1. The first-order chi connectivity index (χ1) is 5.77. The van der Waals surface area contributed by atoms with Gasteiger partial charge in [0.2, 0.25) is 0 Å². The van der Waals surface area contributed by atoms with Crippen LogP contribution in [0.3, 0.4) is 0 Å². The average Bonchev–Trinajstić information content (AvgIpc) is 2.52. The topological polar surface area (TPSA) is 20.3 Å². The Morgan fingerprint density at radius 3 is 2.83 bits per heavy atom.